The SMILES string of the molecule is CC(Cc1cnc[nH]1)c1ccccc1.OC(Cc1ccccc1)c1cnc[nH]1.c1c[nH]cn1.c1ccc(C(Cc2cnc[nH]2)c2ccccc2)cc1. The van der Waals surface area contributed by atoms with E-state index in [1.54, 1.807) is 43.9 Å². The maximum Gasteiger partial charge on any atom is 0.0993 e. The fourth-order valence-electron chi connectivity index (χ4n) is 5.65. The molecule has 4 heterocycles. The molecule has 264 valence electrons. The highest BCUT2D eigenvalue weighted by Crippen LogP contribution is 2.27. The molecule has 9 heteroatoms. The Bertz CT molecular complexity index is 1910. The van der Waals surface area contributed by atoms with E-state index in [9.17, 15) is 5.11 Å². The third-order valence-corrected chi connectivity index (χ3v) is 8.39. The van der Waals surface area contributed by atoms with Gasteiger partial charge in [0.15, 0.2) is 0 Å². The molecule has 2 atom stereocenters. The number of hydrogen-bond acceptors (Lipinski definition) is 5. The Morgan fingerprint density at radius 1 is 0.519 bits per heavy atom. The Kier molecular flexibility index (Phi) is 14.9. The number of nitrogens with one attached hydrogen (secondary N) is 4. The van der Waals surface area contributed by atoms with E-state index < -0.39 is 6.10 Å². The number of rotatable bonds is 10. The maximum atomic E-state index is 9.79. The molecule has 0 saturated heterocycles. The van der Waals surface area contributed by atoms with E-state index in [1.165, 1.54) is 22.4 Å². The van der Waals surface area contributed by atoms with Gasteiger partial charge in [0, 0.05) is 48.5 Å². The Labute approximate surface area is 305 Å². The fraction of sp³-hybridized carbons (Fsp3) is 0.163. The van der Waals surface area contributed by atoms with Crippen LogP contribution in [0.25, 0.3) is 0 Å². The summed E-state index contributed by atoms with van der Waals surface area (Å²) in [7, 11) is 0. The highest BCUT2D eigenvalue weighted by molar-refractivity contribution is 5.33. The minimum absolute atomic E-state index is 0.364. The molecule has 52 heavy (non-hydrogen) atoms. The van der Waals surface area contributed by atoms with Gasteiger partial charge in [-0.05, 0) is 41.0 Å². The van der Waals surface area contributed by atoms with Crippen LogP contribution in [-0.4, -0.2) is 45.0 Å². The van der Waals surface area contributed by atoms with Crippen molar-refractivity contribution < 1.29 is 5.11 Å². The number of aromatic amines is 4. The van der Waals surface area contributed by atoms with Crippen molar-refractivity contribution in [2.45, 2.75) is 44.1 Å². The van der Waals surface area contributed by atoms with Crippen molar-refractivity contribution in [1.29, 1.82) is 0 Å². The summed E-state index contributed by atoms with van der Waals surface area (Å²) in [6.07, 6.45) is 17.6. The van der Waals surface area contributed by atoms with E-state index in [-0.39, 0.29) is 0 Å². The molecule has 0 spiro atoms. The van der Waals surface area contributed by atoms with E-state index >= 15 is 0 Å². The summed E-state index contributed by atoms with van der Waals surface area (Å²) < 4.78 is 0. The van der Waals surface area contributed by atoms with Gasteiger partial charge in [0.05, 0.1) is 43.3 Å². The van der Waals surface area contributed by atoms with Crippen molar-refractivity contribution in [2.24, 2.45) is 0 Å². The summed E-state index contributed by atoms with van der Waals surface area (Å²) in [5.41, 5.74) is 8.29. The zero-order chi connectivity index (χ0) is 36.1. The van der Waals surface area contributed by atoms with Crippen LogP contribution in [0, 0.1) is 0 Å². The van der Waals surface area contributed by atoms with Gasteiger partial charge in [0.1, 0.15) is 0 Å². The van der Waals surface area contributed by atoms with Crippen LogP contribution in [0.15, 0.2) is 178 Å². The highest BCUT2D eigenvalue weighted by atomic mass is 16.3. The Morgan fingerprint density at radius 3 is 1.46 bits per heavy atom. The predicted octanol–water partition coefficient (Wildman–Crippen LogP) is 8.64. The van der Waals surface area contributed by atoms with Gasteiger partial charge in [0.2, 0.25) is 0 Å². The molecule has 0 aliphatic carbocycles. The van der Waals surface area contributed by atoms with Crippen LogP contribution < -0.4 is 0 Å². The van der Waals surface area contributed by atoms with Crippen LogP contribution in [-0.2, 0) is 19.3 Å². The topological polar surface area (TPSA) is 135 Å². The summed E-state index contributed by atoms with van der Waals surface area (Å²) >= 11 is 0. The molecule has 0 bridgehead atoms. The lowest BCUT2D eigenvalue weighted by molar-refractivity contribution is 0.174. The summed E-state index contributed by atoms with van der Waals surface area (Å²) in [6.45, 7) is 2.23. The summed E-state index contributed by atoms with van der Waals surface area (Å²) in [5.74, 6) is 0.902. The lowest BCUT2D eigenvalue weighted by Gasteiger charge is -2.17. The third-order valence-electron chi connectivity index (χ3n) is 8.39. The van der Waals surface area contributed by atoms with Gasteiger partial charge in [0.25, 0.3) is 0 Å². The second kappa shape index (κ2) is 21.0. The number of aliphatic hydroxyl groups excluding tert-OH is 1. The molecule has 0 aliphatic heterocycles. The standard InChI is InChI=1S/C17H16N2.C12H14N2.C11H12N2O.C3H4N2/c1-3-7-14(8-4-1)17(11-16-12-18-13-19-16)15-9-5-2-6-10-15;1-10(7-12-8-13-9-14-12)11-5-3-2-4-6-11;14-11(10-7-12-8-13-10)6-9-4-2-1-3-5-9;1-2-5-3-4-1/h1-10,12-13,17H,11H2,(H,18,19);2-6,8-10H,7H2,1H3,(H,13,14);1-5,7-8,11,14H,6H2,(H,12,13);1-3H,(H,4,5). The van der Waals surface area contributed by atoms with Crippen molar-refractivity contribution in [1.82, 2.24) is 39.9 Å². The second-order valence-corrected chi connectivity index (χ2v) is 12.2. The quantitative estimate of drug-likeness (QED) is 0.0979. The van der Waals surface area contributed by atoms with Crippen LogP contribution in [0.5, 0.6) is 0 Å². The molecule has 5 N–H and O–H groups in total. The number of hydrogen-bond donors (Lipinski definition) is 5. The van der Waals surface area contributed by atoms with E-state index in [1.807, 2.05) is 48.8 Å². The first kappa shape index (κ1) is 36.9. The lowest BCUT2D eigenvalue weighted by Crippen LogP contribution is -2.05. The molecule has 0 saturated carbocycles. The molecule has 0 aliphatic rings. The van der Waals surface area contributed by atoms with E-state index in [0.29, 0.717) is 18.3 Å². The molecule has 0 radical (unpaired) electrons. The average Bonchev–Trinajstić information content (AvgIpc) is 4.06. The normalized spacial score (nSPS) is 11.5. The largest absolute Gasteiger partial charge is 0.386 e. The Hall–Kier alpha value is -6.32. The monoisotopic (exact) mass is 690 g/mol. The number of H-pyrrole nitrogens is 4. The second-order valence-electron chi connectivity index (χ2n) is 12.2. The summed E-state index contributed by atoms with van der Waals surface area (Å²) in [5, 5.41) is 9.79. The van der Waals surface area contributed by atoms with Crippen molar-refractivity contribution in [2.75, 3.05) is 0 Å². The molecule has 8 rings (SSSR count). The molecule has 8 aromatic rings. The molecule has 2 unspecified atom stereocenters. The average molecular weight is 691 g/mol. The van der Waals surface area contributed by atoms with Gasteiger partial charge < -0.3 is 25.0 Å². The highest BCUT2D eigenvalue weighted by Gasteiger charge is 2.15. The van der Waals surface area contributed by atoms with Crippen LogP contribution in [0.2, 0.25) is 0 Å². The molecule has 4 aromatic carbocycles. The van der Waals surface area contributed by atoms with E-state index in [4.69, 9.17) is 0 Å². The zero-order valence-electron chi connectivity index (χ0n) is 29.3. The summed E-state index contributed by atoms with van der Waals surface area (Å²) in [6, 6.07) is 41.7. The number of imidazole rings is 4. The van der Waals surface area contributed by atoms with Crippen LogP contribution in [0.4, 0.5) is 0 Å². The van der Waals surface area contributed by atoms with Gasteiger partial charge in [-0.25, -0.2) is 19.9 Å². The molecule has 4 aromatic heterocycles. The minimum atomic E-state index is -0.500. The molecule has 0 fully saturated rings. The number of benzene rings is 4. The Morgan fingerprint density at radius 2 is 1.02 bits per heavy atom. The fourth-order valence-corrected chi connectivity index (χ4v) is 5.65. The van der Waals surface area contributed by atoms with Gasteiger partial charge in [-0.1, -0.05) is 128 Å². The molecular formula is C43H46N8O. The van der Waals surface area contributed by atoms with E-state index in [2.05, 4.69) is 132 Å². The summed E-state index contributed by atoms with van der Waals surface area (Å²) in [4.78, 5) is 27.6. The van der Waals surface area contributed by atoms with Gasteiger partial charge >= 0.3 is 0 Å². The van der Waals surface area contributed by atoms with Crippen molar-refractivity contribution in [3.8, 4) is 0 Å². The first-order chi connectivity index (χ1) is 25.7. The van der Waals surface area contributed by atoms with Gasteiger partial charge in [-0.2, -0.15) is 0 Å². The number of aromatic nitrogens is 8. The van der Waals surface area contributed by atoms with Gasteiger partial charge in [-0.3, -0.25) is 0 Å². The minimum Gasteiger partial charge on any atom is -0.386 e. The van der Waals surface area contributed by atoms with Crippen molar-refractivity contribution in [3.63, 3.8) is 0 Å². The van der Waals surface area contributed by atoms with E-state index in [0.717, 1.165) is 29.8 Å². The number of nitrogens with zero attached hydrogens (tertiary/aromatic N) is 4. The van der Waals surface area contributed by atoms with Crippen molar-refractivity contribution >= 4 is 0 Å². The van der Waals surface area contributed by atoms with Crippen LogP contribution in [0.3, 0.4) is 0 Å². The predicted molar refractivity (Wildman–Crippen MR) is 206 cm³/mol. The Balaban J connectivity index is 0.000000143. The van der Waals surface area contributed by atoms with Crippen LogP contribution >= 0.6 is 0 Å². The molecule has 0 amide bonds. The van der Waals surface area contributed by atoms with Crippen molar-refractivity contribution in [3.05, 3.63) is 217 Å². The first-order valence-corrected chi connectivity index (χ1v) is 17.4. The van der Waals surface area contributed by atoms with Crippen LogP contribution in [0.1, 0.15) is 64.2 Å². The lowest BCUT2D eigenvalue weighted by atomic mass is 9.88. The molecular weight excluding hydrogens is 645 g/mol. The maximum absolute atomic E-state index is 9.79. The zero-order valence-corrected chi connectivity index (χ0v) is 29.3. The first-order valence-electron chi connectivity index (χ1n) is 17.4. The third kappa shape index (κ3) is 12.5. The molecule has 9 nitrogen and oxygen atoms in total. The smallest absolute Gasteiger partial charge is 0.0993 e. The van der Waals surface area contributed by atoms with Gasteiger partial charge in [-0.15, -0.1) is 0 Å². The number of aliphatic hydroxyl groups is 1.